The molecule has 1 aromatic rings. The number of primary amides is 1. The van der Waals surface area contributed by atoms with E-state index in [9.17, 15) is 9.59 Å². The highest BCUT2D eigenvalue weighted by Gasteiger charge is 2.35. The van der Waals surface area contributed by atoms with Crippen molar-refractivity contribution in [3.8, 4) is 6.07 Å². The first-order valence-corrected chi connectivity index (χ1v) is 4.82. The molecule has 0 saturated heterocycles. The van der Waals surface area contributed by atoms with Gasteiger partial charge >= 0.3 is 5.97 Å². The Labute approximate surface area is 89.0 Å². The lowest BCUT2D eigenvalue weighted by atomic mass is 9.90. The van der Waals surface area contributed by atoms with Crippen LogP contribution in [0.5, 0.6) is 0 Å². The fourth-order valence-corrected chi connectivity index (χ4v) is 1.71. The van der Waals surface area contributed by atoms with Gasteiger partial charge in [-0.3, -0.25) is 9.59 Å². The van der Waals surface area contributed by atoms with Crippen molar-refractivity contribution in [2.75, 3.05) is 0 Å². The summed E-state index contributed by atoms with van der Waals surface area (Å²) >= 11 is 1.19. The van der Waals surface area contributed by atoms with Gasteiger partial charge in [0.25, 0.3) is 0 Å². The van der Waals surface area contributed by atoms with Crippen LogP contribution < -0.4 is 5.73 Å². The second kappa shape index (κ2) is 4.52. The average Bonchev–Trinajstić information content (AvgIpc) is 2.64. The van der Waals surface area contributed by atoms with E-state index in [1.54, 1.807) is 6.07 Å². The van der Waals surface area contributed by atoms with Gasteiger partial charge in [0.05, 0.1) is 17.3 Å². The van der Waals surface area contributed by atoms with E-state index in [0.29, 0.717) is 0 Å². The minimum Gasteiger partial charge on any atom is -0.481 e. The van der Waals surface area contributed by atoms with Crippen molar-refractivity contribution >= 4 is 23.2 Å². The molecule has 7 heteroatoms. The molecule has 1 rings (SSSR count). The van der Waals surface area contributed by atoms with Gasteiger partial charge in [0, 0.05) is 5.38 Å². The van der Waals surface area contributed by atoms with E-state index in [2.05, 4.69) is 4.98 Å². The number of aromatic nitrogens is 1. The molecule has 0 aliphatic heterocycles. The number of nitrogens with two attached hydrogens (primary N) is 1. The Bertz CT molecular complexity index is 409. The molecule has 0 radical (unpaired) electrons. The predicted molar refractivity (Wildman–Crippen MR) is 50.8 cm³/mol. The van der Waals surface area contributed by atoms with Crippen molar-refractivity contribution in [2.45, 2.75) is 5.92 Å². The summed E-state index contributed by atoms with van der Waals surface area (Å²) in [6, 6.07) is 1.58. The van der Waals surface area contributed by atoms with Gasteiger partial charge < -0.3 is 10.8 Å². The first-order chi connectivity index (χ1) is 7.07. The fourth-order valence-electron chi connectivity index (χ4n) is 1.12. The maximum Gasteiger partial charge on any atom is 0.314 e. The third-order valence-corrected chi connectivity index (χ3v) is 2.42. The van der Waals surface area contributed by atoms with Crippen molar-refractivity contribution in [3.63, 3.8) is 0 Å². The summed E-state index contributed by atoms with van der Waals surface area (Å²) in [6.07, 6.45) is 0. The molecule has 1 amide bonds. The summed E-state index contributed by atoms with van der Waals surface area (Å²) in [7, 11) is 0. The van der Waals surface area contributed by atoms with Gasteiger partial charge in [-0.2, -0.15) is 5.26 Å². The Kier molecular flexibility index (Phi) is 3.36. The number of thiazole rings is 1. The lowest BCUT2D eigenvalue weighted by Gasteiger charge is -2.12. The van der Waals surface area contributed by atoms with Crippen LogP contribution in [0.25, 0.3) is 0 Å². The highest BCUT2D eigenvalue weighted by molar-refractivity contribution is 7.07. The van der Waals surface area contributed by atoms with E-state index < -0.39 is 23.7 Å². The van der Waals surface area contributed by atoms with E-state index in [4.69, 9.17) is 16.1 Å². The first kappa shape index (κ1) is 11.1. The average molecular weight is 225 g/mol. The van der Waals surface area contributed by atoms with Crippen LogP contribution in [0.2, 0.25) is 0 Å². The monoisotopic (exact) mass is 225 g/mol. The summed E-state index contributed by atoms with van der Waals surface area (Å²) < 4.78 is 0. The van der Waals surface area contributed by atoms with E-state index >= 15 is 0 Å². The number of aliphatic carboxylic acids is 1. The van der Waals surface area contributed by atoms with Crippen molar-refractivity contribution in [1.29, 1.82) is 5.26 Å². The van der Waals surface area contributed by atoms with Crippen LogP contribution in [-0.2, 0) is 9.59 Å². The number of amides is 1. The van der Waals surface area contributed by atoms with Crippen LogP contribution in [0.1, 0.15) is 11.6 Å². The Hall–Kier alpha value is -1.94. The van der Waals surface area contributed by atoms with Crippen LogP contribution in [0, 0.1) is 17.2 Å². The number of hydrogen-bond donors (Lipinski definition) is 2. The third kappa shape index (κ3) is 2.30. The van der Waals surface area contributed by atoms with E-state index in [1.807, 2.05) is 0 Å². The molecule has 15 heavy (non-hydrogen) atoms. The molecule has 0 bridgehead atoms. The Morgan fingerprint density at radius 3 is 2.67 bits per heavy atom. The van der Waals surface area contributed by atoms with Crippen molar-refractivity contribution in [2.24, 2.45) is 11.7 Å². The predicted octanol–water partition coefficient (Wildman–Crippen LogP) is -0.0636. The highest BCUT2D eigenvalue weighted by atomic mass is 32.1. The maximum atomic E-state index is 10.9. The summed E-state index contributed by atoms with van der Waals surface area (Å²) in [6.45, 7) is 0. The van der Waals surface area contributed by atoms with Crippen molar-refractivity contribution < 1.29 is 14.7 Å². The highest BCUT2D eigenvalue weighted by Crippen LogP contribution is 2.24. The first-order valence-electron chi connectivity index (χ1n) is 3.87. The quantitative estimate of drug-likeness (QED) is 0.744. The normalized spacial score (nSPS) is 13.8. The van der Waals surface area contributed by atoms with Crippen LogP contribution in [0.15, 0.2) is 10.9 Å². The minimum absolute atomic E-state index is 0.179. The van der Waals surface area contributed by atoms with Crippen LogP contribution in [-0.4, -0.2) is 22.0 Å². The molecule has 0 saturated carbocycles. The summed E-state index contributed by atoms with van der Waals surface area (Å²) in [5, 5.41) is 19.1. The van der Waals surface area contributed by atoms with Crippen molar-refractivity contribution in [1.82, 2.24) is 4.98 Å². The number of carboxylic acid groups (broad SMARTS) is 1. The largest absolute Gasteiger partial charge is 0.481 e. The maximum absolute atomic E-state index is 10.9. The van der Waals surface area contributed by atoms with Gasteiger partial charge in [0.15, 0.2) is 0 Å². The van der Waals surface area contributed by atoms with E-state index in [0.717, 1.165) is 0 Å². The zero-order valence-electron chi connectivity index (χ0n) is 7.45. The second-order valence-electron chi connectivity index (χ2n) is 2.74. The number of rotatable bonds is 4. The SMILES string of the molecule is N#CC(C(N)=O)C(C(=O)O)c1cscn1. The minimum atomic E-state index is -1.40. The number of nitriles is 1. The molecule has 0 aromatic carbocycles. The Morgan fingerprint density at radius 1 is 1.67 bits per heavy atom. The molecule has 78 valence electrons. The smallest absolute Gasteiger partial charge is 0.314 e. The standard InChI is InChI=1S/C8H7N3O3S/c9-1-4(7(10)12)6(8(13)14)5-2-15-3-11-5/h2-4,6H,(H2,10,12)(H,13,14). The number of hydrogen-bond acceptors (Lipinski definition) is 5. The molecule has 1 aromatic heterocycles. The molecule has 1 heterocycles. The number of nitrogens with zero attached hydrogens (tertiary/aromatic N) is 2. The number of carboxylic acids is 1. The van der Waals surface area contributed by atoms with Gasteiger partial charge in [-0.15, -0.1) is 11.3 Å². The number of carbonyl (C=O) groups excluding carboxylic acids is 1. The summed E-state index contributed by atoms with van der Waals surface area (Å²) in [4.78, 5) is 25.6. The molecule has 2 unspecified atom stereocenters. The van der Waals surface area contributed by atoms with E-state index in [-0.39, 0.29) is 5.69 Å². The molecule has 0 spiro atoms. The molecule has 6 nitrogen and oxygen atoms in total. The molecule has 2 atom stereocenters. The molecule has 0 fully saturated rings. The van der Waals surface area contributed by atoms with Gasteiger partial charge in [0.2, 0.25) is 5.91 Å². The molecular weight excluding hydrogens is 218 g/mol. The molecule has 3 N–H and O–H groups in total. The Morgan fingerprint density at radius 2 is 2.33 bits per heavy atom. The lowest BCUT2D eigenvalue weighted by Crippen LogP contribution is -2.32. The number of carbonyl (C=O) groups is 2. The fraction of sp³-hybridized carbons (Fsp3) is 0.250. The molecular formula is C8H7N3O3S. The third-order valence-electron chi connectivity index (χ3n) is 1.82. The zero-order chi connectivity index (χ0) is 11.4. The summed E-state index contributed by atoms with van der Waals surface area (Å²) in [5.74, 6) is -4.94. The van der Waals surface area contributed by atoms with Gasteiger partial charge in [-0.05, 0) is 0 Å². The lowest BCUT2D eigenvalue weighted by molar-refractivity contribution is -0.142. The molecule has 0 aliphatic rings. The van der Waals surface area contributed by atoms with Gasteiger partial charge in [-0.1, -0.05) is 0 Å². The topological polar surface area (TPSA) is 117 Å². The van der Waals surface area contributed by atoms with Gasteiger partial charge in [-0.25, -0.2) is 4.98 Å². The second-order valence-corrected chi connectivity index (χ2v) is 3.46. The summed E-state index contributed by atoms with van der Waals surface area (Å²) in [5.41, 5.74) is 6.55. The van der Waals surface area contributed by atoms with Crippen LogP contribution >= 0.6 is 11.3 Å². The molecule has 0 aliphatic carbocycles. The van der Waals surface area contributed by atoms with Crippen LogP contribution in [0.4, 0.5) is 0 Å². The Balaban J connectivity index is 3.09. The van der Waals surface area contributed by atoms with Gasteiger partial charge in [0.1, 0.15) is 11.8 Å². The van der Waals surface area contributed by atoms with Crippen LogP contribution in [0.3, 0.4) is 0 Å². The van der Waals surface area contributed by atoms with E-state index in [1.165, 1.54) is 22.2 Å². The zero-order valence-corrected chi connectivity index (χ0v) is 8.27. The van der Waals surface area contributed by atoms with Crippen molar-refractivity contribution in [3.05, 3.63) is 16.6 Å².